The molecule has 0 saturated heterocycles. The van der Waals surface area contributed by atoms with E-state index in [4.69, 9.17) is 11.6 Å². The van der Waals surface area contributed by atoms with Gasteiger partial charge >= 0.3 is 0 Å². The normalized spacial score (nSPS) is 11.3. The Balaban J connectivity index is 2.19. The molecule has 0 spiro atoms. The Morgan fingerprint density at radius 1 is 1.47 bits per heavy atom. The molecule has 0 bridgehead atoms. The number of aromatic nitrogens is 1. The minimum absolute atomic E-state index is 0.0441. The van der Waals surface area contributed by atoms with Crippen LogP contribution in [0.4, 0.5) is 0 Å². The van der Waals surface area contributed by atoms with Gasteiger partial charge in [0, 0.05) is 17.1 Å². The minimum Gasteiger partial charge on any atom is -0.506 e. The minimum atomic E-state index is -0.560. The molecule has 0 fully saturated rings. The van der Waals surface area contributed by atoms with Crippen molar-refractivity contribution in [2.75, 3.05) is 0 Å². The first kappa shape index (κ1) is 13.8. The summed E-state index contributed by atoms with van der Waals surface area (Å²) in [6, 6.07) is 4.35. The molecule has 6 heteroatoms. The predicted molar refractivity (Wildman–Crippen MR) is 75.7 cm³/mol. The summed E-state index contributed by atoms with van der Waals surface area (Å²) in [5.41, 5.74) is -0.164. The van der Waals surface area contributed by atoms with Crippen molar-refractivity contribution in [3.05, 3.63) is 45.4 Å². The number of benzene rings is 1. The van der Waals surface area contributed by atoms with Gasteiger partial charge in [-0.15, -0.1) is 11.3 Å². The third kappa shape index (κ3) is 3.05. The largest absolute Gasteiger partial charge is 0.506 e. The van der Waals surface area contributed by atoms with Gasteiger partial charge in [0.1, 0.15) is 10.8 Å². The molecule has 4 nitrogen and oxygen atoms in total. The van der Waals surface area contributed by atoms with Crippen LogP contribution in [0.1, 0.15) is 29.2 Å². The molecule has 2 rings (SSSR count). The monoisotopic (exact) mass is 296 g/mol. The van der Waals surface area contributed by atoms with Gasteiger partial charge in [0.2, 0.25) is 0 Å². The molecule has 1 amide bonds. The lowest BCUT2D eigenvalue weighted by Crippen LogP contribution is -2.40. The first-order valence-corrected chi connectivity index (χ1v) is 6.87. The quantitative estimate of drug-likeness (QED) is 0.914. The van der Waals surface area contributed by atoms with E-state index in [1.807, 2.05) is 19.2 Å². The van der Waals surface area contributed by atoms with E-state index >= 15 is 0 Å². The molecular formula is C13H13ClN2O2S. The number of carbonyl (C=O) groups excluding carboxylic acids is 1. The number of carbonyl (C=O) groups is 1. The summed E-state index contributed by atoms with van der Waals surface area (Å²) < 4.78 is 0. The van der Waals surface area contributed by atoms with Gasteiger partial charge < -0.3 is 10.4 Å². The van der Waals surface area contributed by atoms with Gasteiger partial charge in [-0.2, -0.15) is 0 Å². The summed E-state index contributed by atoms with van der Waals surface area (Å²) in [5.74, 6) is -0.306. The van der Waals surface area contributed by atoms with Crippen LogP contribution in [0.2, 0.25) is 5.02 Å². The second kappa shape index (κ2) is 5.19. The molecule has 1 aromatic carbocycles. The molecule has 0 saturated carbocycles. The van der Waals surface area contributed by atoms with Crippen molar-refractivity contribution in [1.82, 2.24) is 10.3 Å². The second-order valence-corrected chi connectivity index (χ2v) is 5.88. The van der Waals surface area contributed by atoms with Gasteiger partial charge in [-0.25, -0.2) is 4.98 Å². The van der Waals surface area contributed by atoms with Crippen molar-refractivity contribution >= 4 is 28.8 Å². The molecule has 0 atom stereocenters. The van der Waals surface area contributed by atoms with E-state index in [9.17, 15) is 9.90 Å². The van der Waals surface area contributed by atoms with E-state index in [0.717, 1.165) is 5.01 Å². The highest BCUT2D eigenvalue weighted by Gasteiger charge is 2.26. The first-order valence-electron chi connectivity index (χ1n) is 5.61. The van der Waals surface area contributed by atoms with Gasteiger partial charge in [0.05, 0.1) is 10.6 Å². The maximum atomic E-state index is 12.1. The summed E-state index contributed by atoms with van der Waals surface area (Å²) in [6.45, 7) is 3.76. The summed E-state index contributed by atoms with van der Waals surface area (Å²) in [5, 5.41) is 15.1. The fraction of sp³-hybridized carbons (Fsp3) is 0.231. The molecule has 19 heavy (non-hydrogen) atoms. The predicted octanol–water partition coefficient (Wildman–Crippen LogP) is 3.17. The highest BCUT2D eigenvalue weighted by molar-refractivity contribution is 7.09. The van der Waals surface area contributed by atoms with E-state index in [1.54, 1.807) is 6.20 Å². The van der Waals surface area contributed by atoms with E-state index < -0.39 is 5.54 Å². The average molecular weight is 297 g/mol. The molecule has 0 aliphatic rings. The van der Waals surface area contributed by atoms with E-state index in [0.29, 0.717) is 5.56 Å². The molecule has 0 radical (unpaired) electrons. The molecular weight excluding hydrogens is 284 g/mol. The van der Waals surface area contributed by atoms with Crippen LogP contribution >= 0.6 is 22.9 Å². The fourth-order valence-corrected chi connectivity index (χ4v) is 2.49. The number of nitrogens with one attached hydrogen (secondary N) is 1. The molecule has 1 aromatic heterocycles. The zero-order valence-corrected chi connectivity index (χ0v) is 12.0. The fourth-order valence-electron chi connectivity index (χ4n) is 1.59. The van der Waals surface area contributed by atoms with E-state index in [-0.39, 0.29) is 16.7 Å². The van der Waals surface area contributed by atoms with E-state index in [1.165, 1.54) is 29.5 Å². The number of nitrogens with zero attached hydrogens (tertiary/aromatic N) is 1. The number of amides is 1. The SMILES string of the molecule is CC(C)(NC(=O)c1ccc(O)c(Cl)c1)c1nccs1. The number of hydrogen-bond donors (Lipinski definition) is 2. The van der Waals surface area contributed by atoms with Crippen molar-refractivity contribution in [3.8, 4) is 5.75 Å². The van der Waals surface area contributed by atoms with Crippen molar-refractivity contribution in [2.45, 2.75) is 19.4 Å². The summed E-state index contributed by atoms with van der Waals surface area (Å²) >= 11 is 7.27. The summed E-state index contributed by atoms with van der Waals surface area (Å²) in [4.78, 5) is 16.3. The van der Waals surface area contributed by atoms with Gasteiger partial charge in [-0.05, 0) is 32.0 Å². The number of thiazole rings is 1. The van der Waals surface area contributed by atoms with Crippen LogP contribution < -0.4 is 5.32 Å². The van der Waals surface area contributed by atoms with Gasteiger partial charge in [-0.1, -0.05) is 11.6 Å². The molecule has 0 unspecified atom stereocenters. The van der Waals surface area contributed by atoms with Crippen LogP contribution in [0.15, 0.2) is 29.8 Å². The lowest BCUT2D eigenvalue weighted by Gasteiger charge is -2.23. The Bertz CT molecular complexity index is 597. The van der Waals surface area contributed by atoms with Crippen LogP contribution in [0.5, 0.6) is 5.75 Å². The molecule has 100 valence electrons. The van der Waals surface area contributed by atoms with Crippen molar-refractivity contribution in [3.63, 3.8) is 0 Å². The molecule has 0 aliphatic carbocycles. The van der Waals surface area contributed by atoms with Crippen molar-refractivity contribution < 1.29 is 9.90 Å². The van der Waals surface area contributed by atoms with Gasteiger partial charge in [0.25, 0.3) is 5.91 Å². The summed E-state index contributed by atoms with van der Waals surface area (Å²) in [7, 11) is 0. The highest BCUT2D eigenvalue weighted by atomic mass is 35.5. The van der Waals surface area contributed by atoms with Crippen LogP contribution in [0, 0.1) is 0 Å². The number of phenolic OH excluding ortho intramolecular Hbond substituents is 1. The third-order valence-corrected chi connectivity index (χ3v) is 4.00. The standard InChI is InChI=1S/C13H13ClN2O2S/c1-13(2,12-15-5-6-19-12)16-11(18)8-3-4-10(17)9(14)7-8/h3-7,17H,1-2H3,(H,16,18). The van der Waals surface area contributed by atoms with Crippen LogP contribution in [0.3, 0.4) is 0 Å². The maximum Gasteiger partial charge on any atom is 0.252 e. The van der Waals surface area contributed by atoms with E-state index in [2.05, 4.69) is 10.3 Å². The van der Waals surface area contributed by atoms with Gasteiger partial charge in [0.15, 0.2) is 0 Å². The number of hydrogen-bond acceptors (Lipinski definition) is 4. The Labute approximate surface area is 120 Å². The zero-order valence-electron chi connectivity index (χ0n) is 10.5. The highest BCUT2D eigenvalue weighted by Crippen LogP contribution is 2.25. The zero-order chi connectivity index (χ0) is 14.0. The lowest BCUT2D eigenvalue weighted by molar-refractivity contribution is 0.0912. The lowest BCUT2D eigenvalue weighted by atomic mass is 10.1. The Kier molecular flexibility index (Phi) is 3.78. The number of halogens is 1. The van der Waals surface area contributed by atoms with Gasteiger partial charge in [-0.3, -0.25) is 4.79 Å². The molecule has 2 aromatic rings. The smallest absolute Gasteiger partial charge is 0.252 e. The Morgan fingerprint density at radius 2 is 2.21 bits per heavy atom. The Morgan fingerprint density at radius 3 is 2.79 bits per heavy atom. The van der Waals surface area contributed by atoms with Crippen molar-refractivity contribution in [2.24, 2.45) is 0 Å². The molecule has 1 heterocycles. The number of aromatic hydroxyl groups is 1. The second-order valence-electron chi connectivity index (χ2n) is 4.58. The van der Waals surface area contributed by atoms with Crippen LogP contribution in [0.25, 0.3) is 0 Å². The topological polar surface area (TPSA) is 62.2 Å². The first-order chi connectivity index (χ1) is 8.90. The Hall–Kier alpha value is -1.59. The van der Waals surface area contributed by atoms with Crippen LogP contribution in [-0.2, 0) is 5.54 Å². The molecule has 0 aliphatic heterocycles. The summed E-state index contributed by atoms with van der Waals surface area (Å²) in [6.07, 6.45) is 1.70. The maximum absolute atomic E-state index is 12.1. The number of phenols is 1. The van der Waals surface area contributed by atoms with Crippen LogP contribution in [-0.4, -0.2) is 16.0 Å². The average Bonchev–Trinajstić information content (AvgIpc) is 2.86. The molecule has 2 N–H and O–H groups in total. The number of rotatable bonds is 3. The van der Waals surface area contributed by atoms with Crippen molar-refractivity contribution in [1.29, 1.82) is 0 Å². The third-order valence-electron chi connectivity index (χ3n) is 2.60.